The predicted molar refractivity (Wildman–Crippen MR) is 118 cm³/mol. The van der Waals surface area contributed by atoms with Crippen molar-refractivity contribution in [3.63, 3.8) is 0 Å². The summed E-state index contributed by atoms with van der Waals surface area (Å²) >= 11 is 0. The van der Waals surface area contributed by atoms with Gasteiger partial charge in [-0.3, -0.25) is 14.5 Å². The van der Waals surface area contributed by atoms with E-state index >= 15 is 0 Å². The molecule has 0 radical (unpaired) electrons. The van der Waals surface area contributed by atoms with Crippen LogP contribution in [0.25, 0.3) is 0 Å². The van der Waals surface area contributed by atoms with Crippen LogP contribution in [0.5, 0.6) is 0 Å². The Morgan fingerprint density at radius 3 is 2.33 bits per heavy atom. The molecule has 2 aromatic carbocycles. The SMILES string of the molecule is O=C(CC1C(=O)NCCN1Cc1ccccc1)NC1CCN(c2ccccc2)CC1. The lowest BCUT2D eigenvalue weighted by atomic mass is 10.0. The van der Waals surface area contributed by atoms with E-state index in [1.54, 1.807) is 0 Å². The van der Waals surface area contributed by atoms with E-state index in [1.807, 2.05) is 24.3 Å². The van der Waals surface area contributed by atoms with E-state index in [0.717, 1.165) is 38.0 Å². The molecule has 0 aliphatic carbocycles. The average molecular weight is 407 g/mol. The van der Waals surface area contributed by atoms with Gasteiger partial charge >= 0.3 is 0 Å². The number of nitrogens with zero attached hydrogens (tertiary/aromatic N) is 2. The summed E-state index contributed by atoms with van der Waals surface area (Å²) in [6.45, 7) is 3.93. The Kier molecular flexibility index (Phi) is 6.64. The van der Waals surface area contributed by atoms with E-state index in [9.17, 15) is 9.59 Å². The summed E-state index contributed by atoms with van der Waals surface area (Å²) < 4.78 is 0. The van der Waals surface area contributed by atoms with Crippen molar-refractivity contribution in [2.75, 3.05) is 31.1 Å². The molecular weight excluding hydrogens is 376 g/mol. The van der Waals surface area contributed by atoms with Gasteiger partial charge in [0.1, 0.15) is 0 Å². The third-order valence-corrected chi connectivity index (χ3v) is 6.03. The van der Waals surface area contributed by atoms with Crippen molar-refractivity contribution in [3.8, 4) is 0 Å². The second-order valence-corrected chi connectivity index (χ2v) is 8.13. The largest absolute Gasteiger partial charge is 0.371 e. The molecule has 6 heteroatoms. The van der Waals surface area contributed by atoms with E-state index in [2.05, 4.69) is 56.8 Å². The van der Waals surface area contributed by atoms with Gasteiger partial charge in [0, 0.05) is 44.5 Å². The maximum atomic E-state index is 12.7. The predicted octanol–water partition coefficient (Wildman–Crippen LogP) is 2.16. The minimum absolute atomic E-state index is 0.0340. The Hall–Kier alpha value is -2.86. The van der Waals surface area contributed by atoms with Crippen LogP contribution in [0.15, 0.2) is 60.7 Å². The molecule has 4 rings (SSSR count). The fourth-order valence-electron chi connectivity index (χ4n) is 4.37. The standard InChI is InChI=1S/C24H30N4O2/c29-23(26-20-11-14-27(15-12-20)21-9-5-2-6-10-21)17-22-24(30)25-13-16-28(22)18-19-7-3-1-4-8-19/h1-10,20,22H,11-18H2,(H,25,30)(H,26,29). The summed E-state index contributed by atoms with van der Waals surface area (Å²) in [5.74, 6) is -0.0838. The first-order valence-electron chi connectivity index (χ1n) is 10.8. The van der Waals surface area contributed by atoms with Crippen LogP contribution < -0.4 is 15.5 Å². The molecule has 1 atom stereocenters. The van der Waals surface area contributed by atoms with Gasteiger partial charge in [-0.2, -0.15) is 0 Å². The highest BCUT2D eigenvalue weighted by atomic mass is 16.2. The van der Waals surface area contributed by atoms with Gasteiger partial charge in [0.15, 0.2) is 0 Å². The molecule has 0 aromatic heterocycles. The highest BCUT2D eigenvalue weighted by Gasteiger charge is 2.32. The Morgan fingerprint density at radius 2 is 1.63 bits per heavy atom. The van der Waals surface area contributed by atoms with E-state index in [-0.39, 0.29) is 24.3 Å². The van der Waals surface area contributed by atoms with Crippen molar-refractivity contribution >= 4 is 17.5 Å². The minimum Gasteiger partial charge on any atom is -0.371 e. The third-order valence-electron chi connectivity index (χ3n) is 6.03. The van der Waals surface area contributed by atoms with E-state index in [4.69, 9.17) is 0 Å². The molecule has 2 saturated heterocycles. The van der Waals surface area contributed by atoms with Crippen molar-refractivity contribution in [1.82, 2.24) is 15.5 Å². The molecule has 0 spiro atoms. The van der Waals surface area contributed by atoms with Crippen molar-refractivity contribution in [1.29, 1.82) is 0 Å². The first-order chi connectivity index (χ1) is 14.7. The zero-order valence-electron chi connectivity index (χ0n) is 17.3. The lowest BCUT2D eigenvalue weighted by Crippen LogP contribution is -2.56. The van der Waals surface area contributed by atoms with Crippen LogP contribution in [-0.4, -0.2) is 55.0 Å². The number of hydrogen-bond acceptors (Lipinski definition) is 4. The number of benzene rings is 2. The summed E-state index contributed by atoms with van der Waals surface area (Å²) in [5, 5.41) is 6.08. The van der Waals surface area contributed by atoms with E-state index in [0.29, 0.717) is 13.1 Å². The second kappa shape index (κ2) is 9.76. The molecule has 158 valence electrons. The van der Waals surface area contributed by atoms with Crippen LogP contribution in [0.3, 0.4) is 0 Å². The first kappa shape index (κ1) is 20.4. The van der Waals surface area contributed by atoms with Gasteiger partial charge in [-0.1, -0.05) is 48.5 Å². The topological polar surface area (TPSA) is 64.7 Å². The number of carbonyl (C=O) groups excluding carboxylic acids is 2. The maximum absolute atomic E-state index is 12.7. The van der Waals surface area contributed by atoms with Gasteiger partial charge in [-0.15, -0.1) is 0 Å². The summed E-state index contributed by atoms with van der Waals surface area (Å²) in [6, 6.07) is 20.3. The normalized spacial score (nSPS) is 20.6. The highest BCUT2D eigenvalue weighted by Crippen LogP contribution is 2.20. The number of para-hydroxylation sites is 1. The fraction of sp³-hybridized carbons (Fsp3) is 0.417. The Labute approximate surface area is 178 Å². The van der Waals surface area contributed by atoms with Gasteiger partial charge in [-0.25, -0.2) is 0 Å². The number of rotatable bonds is 6. The molecule has 2 amide bonds. The van der Waals surface area contributed by atoms with Crippen LogP contribution in [0.4, 0.5) is 5.69 Å². The molecule has 2 aromatic rings. The number of piperazine rings is 1. The zero-order chi connectivity index (χ0) is 20.8. The summed E-state index contributed by atoms with van der Waals surface area (Å²) in [7, 11) is 0. The molecule has 0 bridgehead atoms. The molecule has 2 fully saturated rings. The van der Waals surface area contributed by atoms with Gasteiger partial charge in [0.2, 0.25) is 11.8 Å². The smallest absolute Gasteiger partial charge is 0.237 e. The van der Waals surface area contributed by atoms with Crippen molar-refractivity contribution in [3.05, 3.63) is 66.2 Å². The van der Waals surface area contributed by atoms with Crippen LogP contribution in [0, 0.1) is 0 Å². The van der Waals surface area contributed by atoms with E-state index < -0.39 is 6.04 Å². The number of hydrogen-bond donors (Lipinski definition) is 2. The monoisotopic (exact) mass is 406 g/mol. The van der Waals surface area contributed by atoms with Gasteiger partial charge < -0.3 is 15.5 Å². The molecule has 2 heterocycles. The fourth-order valence-corrected chi connectivity index (χ4v) is 4.37. The quantitative estimate of drug-likeness (QED) is 0.772. The first-order valence-corrected chi connectivity index (χ1v) is 10.8. The molecule has 1 unspecified atom stereocenters. The van der Waals surface area contributed by atoms with Gasteiger partial charge in [0.05, 0.1) is 12.5 Å². The van der Waals surface area contributed by atoms with Crippen LogP contribution in [0.1, 0.15) is 24.8 Å². The molecule has 2 N–H and O–H groups in total. The van der Waals surface area contributed by atoms with Crippen LogP contribution >= 0.6 is 0 Å². The number of piperidine rings is 1. The zero-order valence-corrected chi connectivity index (χ0v) is 17.3. The van der Waals surface area contributed by atoms with Crippen LogP contribution in [-0.2, 0) is 16.1 Å². The van der Waals surface area contributed by atoms with Crippen molar-refractivity contribution in [2.45, 2.75) is 37.9 Å². The Morgan fingerprint density at radius 1 is 0.967 bits per heavy atom. The highest BCUT2D eigenvalue weighted by molar-refractivity contribution is 5.88. The lowest BCUT2D eigenvalue weighted by molar-refractivity contribution is -0.134. The molecular formula is C24H30N4O2. The molecule has 30 heavy (non-hydrogen) atoms. The van der Waals surface area contributed by atoms with Crippen molar-refractivity contribution in [2.24, 2.45) is 0 Å². The van der Waals surface area contributed by atoms with Gasteiger partial charge in [0.25, 0.3) is 0 Å². The van der Waals surface area contributed by atoms with E-state index in [1.165, 1.54) is 5.69 Å². The third kappa shape index (κ3) is 5.19. The molecule has 6 nitrogen and oxygen atoms in total. The number of anilines is 1. The summed E-state index contributed by atoms with van der Waals surface area (Å²) in [6.07, 6.45) is 2.05. The number of carbonyl (C=O) groups is 2. The average Bonchev–Trinajstić information content (AvgIpc) is 2.78. The summed E-state index contributed by atoms with van der Waals surface area (Å²) in [5.41, 5.74) is 2.39. The maximum Gasteiger partial charge on any atom is 0.237 e. The lowest BCUT2D eigenvalue weighted by Gasteiger charge is -2.36. The molecule has 2 aliphatic rings. The number of amides is 2. The minimum atomic E-state index is -0.414. The molecule has 0 saturated carbocycles. The Bertz CT molecular complexity index is 835. The molecule has 2 aliphatic heterocycles. The Balaban J connectivity index is 1.29. The second-order valence-electron chi connectivity index (χ2n) is 8.13. The van der Waals surface area contributed by atoms with Gasteiger partial charge in [-0.05, 0) is 30.5 Å². The number of nitrogens with one attached hydrogen (secondary N) is 2. The van der Waals surface area contributed by atoms with Crippen LogP contribution in [0.2, 0.25) is 0 Å². The van der Waals surface area contributed by atoms with Crippen molar-refractivity contribution < 1.29 is 9.59 Å². The summed E-state index contributed by atoms with van der Waals surface area (Å²) in [4.78, 5) is 29.7.